The normalized spacial score (nSPS) is 10.7. The maximum absolute atomic E-state index is 12.9. The molecular weight excluding hydrogens is 213 g/mol. The summed E-state index contributed by atoms with van der Waals surface area (Å²) in [5.41, 5.74) is -0.779. The van der Waals surface area contributed by atoms with Crippen LogP contribution in [0.5, 0.6) is 0 Å². The average molecular weight is 216 g/mol. The van der Waals surface area contributed by atoms with Gasteiger partial charge >= 0.3 is 11.4 Å². The van der Waals surface area contributed by atoms with E-state index in [4.69, 9.17) is 11.6 Å². The molecule has 0 radical (unpaired) electrons. The van der Waals surface area contributed by atoms with Gasteiger partial charge in [-0.05, 0) is 12.1 Å². The van der Waals surface area contributed by atoms with Crippen LogP contribution < -0.4 is 11.4 Å². The second kappa shape index (κ2) is 2.95. The average Bonchev–Trinajstić information content (AvgIpc) is 2.08. The molecule has 2 aromatic rings. The van der Waals surface area contributed by atoms with Crippen molar-refractivity contribution in [2.45, 2.75) is 0 Å². The van der Waals surface area contributed by atoms with Crippen LogP contribution in [0.3, 0.4) is 0 Å². The monoisotopic (exact) mass is 215 g/mol. The minimum absolute atomic E-state index is 0.0380. The molecule has 1 aromatic heterocycles. The van der Waals surface area contributed by atoms with E-state index < -0.39 is 17.2 Å². The predicted molar refractivity (Wildman–Crippen MR) is 48.1 cm³/mol. The van der Waals surface area contributed by atoms with Crippen molar-refractivity contribution in [3.05, 3.63) is 43.9 Å². The van der Waals surface area contributed by atoms with Gasteiger partial charge in [-0.1, -0.05) is 11.6 Å². The highest BCUT2D eigenvalue weighted by Gasteiger charge is 2.07. The molecular formula is C8H3ClFNO3. The Morgan fingerprint density at radius 2 is 2.07 bits per heavy atom. The Labute approximate surface area is 80.9 Å². The lowest BCUT2D eigenvalue weighted by molar-refractivity contribution is 0.460. The Hall–Kier alpha value is -1.62. The highest BCUT2D eigenvalue weighted by atomic mass is 35.5. The van der Waals surface area contributed by atoms with Gasteiger partial charge in [-0.3, -0.25) is 4.98 Å². The fraction of sp³-hybridized carbons (Fsp3) is 0. The second-order valence-electron chi connectivity index (χ2n) is 2.61. The summed E-state index contributed by atoms with van der Waals surface area (Å²) in [6.45, 7) is 0. The maximum atomic E-state index is 12.9. The van der Waals surface area contributed by atoms with E-state index in [0.29, 0.717) is 0 Å². The third kappa shape index (κ3) is 1.31. The van der Waals surface area contributed by atoms with Crippen molar-refractivity contribution in [2.75, 3.05) is 0 Å². The van der Waals surface area contributed by atoms with E-state index in [2.05, 4.69) is 9.40 Å². The maximum Gasteiger partial charge on any atom is 0.419 e. The summed E-state index contributed by atoms with van der Waals surface area (Å²) in [5, 5.41) is -0.159. The SMILES string of the molecule is O=c1[nH]c2cc(F)c(Cl)cc2c(=O)o1. The minimum atomic E-state index is -0.927. The van der Waals surface area contributed by atoms with E-state index in [1.54, 1.807) is 0 Å². The summed E-state index contributed by atoms with van der Waals surface area (Å²) in [5.74, 6) is -1.63. The topological polar surface area (TPSA) is 63.1 Å². The van der Waals surface area contributed by atoms with Gasteiger partial charge in [0, 0.05) is 0 Å². The molecule has 0 bridgehead atoms. The number of hydrogen-bond donors (Lipinski definition) is 1. The molecule has 1 aromatic carbocycles. The van der Waals surface area contributed by atoms with E-state index in [0.717, 1.165) is 12.1 Å². The summed E-state index contributed by atoms with van der Waals surface area (Å²) in [4.78, 5) is 24.0. The van der Waals surface area contributed by atoms with Gasteiger partial charge in [0.2, 0.25) is 0 Å². The lowest BCUT2D eigenvalue weighted by Gasteiger charge is -1.96. The van der Waals surface area contributed by atoms with Crippen LogP contribution in [0, 0.1) is 5.82 Å². The van der Waals surface area contributed by atoms with Crippen LogP contribution in [0.15, 0.2) is 26.1 Å². The zero-order valence-corrected chi connectivity index (χ0v) is 7.39. The number of halogens is 2. The number of H-pyrrole nitrogens is 1. The van der Waals surface area contributed by atoms with Crippen LogP contribution in [-0.4, -0.2) is 4.98 Å². The lowest BCUT2D eigenvalue weighted by atomic mass is 10.2. The van der Waals surface area contributed by atoms with Crippen molar-refractivity contribution < 1.29 is 8.81 Å². The third-order valence-electron chi connectivity index (χ3n) is 1.70. The first-order valence-corrected chi connectivity index (χ1v) is 3.98. The molecule has 0 aliphatic heterocycles. The molecule has 0 spiro atoms. The zero-order valence-electron chi connectivity index (χ0n) is 6.64. The highest BCUT2D eigenvalue weighted by Crippen LogP contribution is 2.18. The van der Waals surface area contributed by atoms with Crippen molar-refractivity contribution in [3.63, 3.8) is 0 Å². The summed E-state index contributed by atoms with van der Waals surface area (Å²) in [7, 11) is 0. The van der Waals surface area contributed by atoms with E-state index >= 15 is 0 Å². The molecule has 2 rings (SSSR count). The summed E-state index contributed by atoms with van der Waals surface area (Å²) in [6, 6.07) is 2.07. The number of aromatic nitrogens is 1. The summed E-state index contributed by atoms with van der Waals surface area (Å²) >= 11 is 5.45. The third-order valence-corrected chi connectivity index (χ3v) is 1.99. The fourth-order valence-corrected chi connectivity index (χ4v) is 1.26. The number of nitrogens with one attached hydrogen (secondary N) is 1. The molecule has 0 fully saturated rings. The number of fused-ring (bicyclic) bond motifs is 1. The van der Waals surface area contributed by atoms with Crippen molar-refractivity contribution in [2.24, 2.45) is 0 Å². The van der Waals surface area contributed by atoms with Crippen molar-refractivity contribution in [1.29, 1.82) is 0 Å². The van der Waals surface area contributed by atoms with Crippen molar-refractivity contribution in [3.8, 4) is 0 Å². The van der Waals surface area contributed by atoms with Crippen LogP contribution in [0.25, 0.3) is 10.9 Å². The summed E-state index contributed by atoms with van der Waals surface area (Å²) in [6.07, 6.45) is 0. The van der Waals surface area contributed by atoms with Crippen LogP contribution >= 0.6 is 11.6 Å². The smallest absolute Gasteiger partial charge is 0.372 e. The molecule has 14 heavy (non-hydrogen) atoms. The van der Waals surface area contributed by atoms with Gasteiger partial charge in [-0.25, -0.2) is 14.0 Å². The first kappa shape index (κ1) is 8.96. The molecule has 0 unspecified atom stereocenters. The number of benzene rings is 1. The van der Waals surface area contributed by atoms with E-state index in [9.17, 15) is 14.0 Å². The molecule has 0 aliphatic carbocycles. The van der Waals surface area contributed by atoms with Gasteiger partial charge < -0.3 is 4.42 Å². The quantitative estimate of drug-likeness (QED) is 0.720. The number of hydrogen-bond acceptors (Lipinski definition) is 3. The van der Waals surface area contributed by atoms with Crippen LogP contribution in [0.4, 0.5) is 4.39 Å². The molecule has 0 atom stereocenters. The highest BCUT2D eigenvalue weighted by molar-refractivity contribution is 6.31. The largest absolute Gasteiger partial charge is 0.419 e. The van der Waals surface area contributed by atoms with Gasteiger partial charge in [0.25, 0.3) is 0 Å². The number of aromatic amines is 1. The Morgan fingerprint density at radius 3 is 2.79 bits per heavy atom. The van der Waals surface area contributed by atoms with E-state index in [1.807, 2.05) is 0 Å². The second-order valence-corrected chi connectivity index (χ2v) is 3.02. The van der Waals surface area contributed by atoms with E-state index in [1.165, 1.54) is 0 Å². The molecule has 1 heterocycles. The minimum Gasteiger partial charge on any atom is -0.372 e. The van der Waals surface area contributed by atoms with Gasteiger partial charge in [-0.15, -0.1) is 0 Å². The Kier molecular flexibility index (Phi) is 1.89. The van der Waals surface area contributed by atoms with Gasteiger partial charge in [0.05, 0.1) is 15.9 Å². The first-order chi connectivity index (χ1) is 6.58. The van der Waals surface area contributed by atoms with E-state index in [-0.39, 0.29) is 15.9 Å². The Bertz CT molecular complexity index is 616. The first-order valence-electron chi connectivity index (χ1n) is 3.60. The molecule has 0 amide bonds. The van der Waals surface area contributed by atoms with Crippen LogP contribution in [0.1, 0.15) is 0 Å². The van der Waals surface area contributed by atoms with Gasteiger partial charge in [0.15, 0.2) is 0 Å². The fourth-order valence-electron chi connectivity index (χ4n) is 1.09. The molecule has 6 heteroatoms. The molecule has 0 aliphatic rings. The lowest BCUT2D eigenvalue weighted by Crippen LogP contribution is -2.14. The van der Waals surface area contributed by atoms with Crippen molar-refractivity contribution >= 4 is 22.5 Å². The predicted octanol–water partition coefficient (Wildman–Crippen LogP) is 1.27. The molecule has 72 valence electrons. The molecule has 4 nitrogen and oxygen atoms in total. The summed E-state index contributed by atoms with van der Waals surface area (Å²) < 4.78 is 17.2. The van der Waals surface area contributed by atoms with Crippen LogP contribution in [-0.2, 0) is 0 Å². The molecule has 0 saturated heterocycles. The van der Waals surface area contributed by atoms with Gasteiger partial charge in [-0.2, -0.15) is 0 Å². The van der Waals surface area contributed by atoms with Gasteiger partial charge in [0.1, 0.15) is 5.82 Å². The molecule has 1 N–H and O–H groups in total. The number of rotatable bonds is 0. The Morgan fingerprint density at radius 1 is 1.36 bits per heavy atom. The standard InChI is InChI=1S/C8H3ClFNO3/c9-4-1-3-6(2-5(4)10)11-8(13)14-7(3)12/h1-2H,(H,11,13). The van der Waals surface area contributed by atoms with Crippen molar-refractivity contribution in [1.82, 2.24) is 4.98 Å². The Balaban J connectivity index is 3.03. The molecule has 0 saturated carbocycles. The van der Waals surface area contributed by atoms with Crippen LogP contribution in [0.2, 0.25) is 5.02 Å². The zero-order chi connectivity index (χ0) is 10.3.